The summed E-state index contributed by atoms with van der Waals surface area (Å²) in [5, 5.41) is 9.13. The molecular weight excluding hydrogens is 366 g/mol. The summed E-state index contributed by atoms with van der Waals surface area (Å²) in [4.78, 5) is 32.5. The van der Waals surface area contributed by atoms with Gasteiger partial charge in [-0.25, -0.2) is 0 Å². The van der Waals surface area contributed by atoms with E-state index in [2.05, 4.69) is 9.88 Å². The number of benzene rings is 1. The van der Waals surface area contributed by atoms with Crippen LogP contribution in [-0.2, 0) is 9.59 Å². The standard InChI is InChI=1S/C19H23N3O4S/c23-17(24)11-14-12-27-10-9-22(14)18(25)13-5-7-21(8-6-13)19-20-15-3-1-2-4-16(15)26-19/h1-4,13-14H,5-12H2,(H,23,24). The lowest BCUT2D eigenvalue weighted by Gasteiger charge is -2.39. The Bertz CT molecular complexity index is 798. The predicted molar refractivity (Wildman–Crippen MR) is 104 cm³/mol. The Balaban J connectivity index is 1.39. The minimum absolute atomic E-state index is 0.0283. The number of thioether (sulfide) groups is 1. The molecule has 1 amide bonds. The van der Waals surface area contributed by atoms with E-state index in [4.69, 9.17) is 9.52 Å². The number of nitrogens with zero attached hydrogens (tertiary/aromatic N) is 3. The van der Waals surface area contributed by atoms with Crippen molar-refractivity contribution in [2.45, 2.75) is 25.3 Å². The number of hydrogen-bond acceptors (Lipinski definition) is 6. The fourth-order valence-corrected chi connectivity index (χ4v) is 4.93. The molecule has 3 heterocycles. The van der Waals surface area contributed by atoms with Crippen LogP contribution in [0.15, 0.2) is 28.7 Å². The molecular formula is C19H23N3O4S. The van der Waals surface area contributed by atoms with Crippen molar-refractivity contribution >= 4 is 40.8 Å². The van der Waals surface area contributed by atoms with Crippen molar-refractivity contribution in [3.8, 4) is 0 Å². The van der Waals surface area contributed by atoms with Crippen molar-refractivity contribution in [1.82, 2.24) is 9.88 Å². The van der Waals surface area contributed by atoms with E-state index < -0.39 is 5.97 Å². The van der Waals surface area contributed by atoms with Crippen LogP contribution in [0.25, 0.3) is 11.1 Å². The minimum atomic E-state index is -0.842. The Hall–Kier alpha value is -2.22. The third-order valence-electron chi connectivity index (χ3n) is 5.32. The van der Waals surface area contributed by atoms with Crippen LogP contribution < -0.4 is 4.90 Å². The third kappa shape index (κ3) is 3.90. The molecule has 2 aliphatic heterocycles. The predicted octanol–water partition coefficient (Wildman–Crippen LogP) is 2.46. The summed E-state index contributed by atoms with van der Waals surface area (Å²) < 4.78 is 5.83. The van der Waals surface area contributed by atoms with E-state index in [0.717, 1.165) is 42.8 Å². The van der Waals surface area contributed by atoms with Gasteiger partial charge in [-0.3, -0.25) is 9.59 Å². The zero-order valence-electron chi connectivity index (χ0n) is 15.0. The normalized spacial score (nSPS) is 21.6. The fourth-order valence-electron chi connectivity index (χ4n) is 3.86. The van der Waals surface area contributed by atoms with E-state index in [1.54, 1.807) is 11.8 Å². The van der Waals surface area contributed by atoms with Crippen molar-refractivity contribution in [1.29, 1.82) is 0 Å². The smallest absolute Gasteiger partial charge is 0.305 e. The number of carbonyl (C=O) groups excluding carboxylic acids is 1. The molecule has 1 N–H and O–H groups in total. The first-order chi connectivity index (χ1) is 13.1. The molecule has 2 fully saturated rings. The maximum absolute atomic E-state index is 13.0. The van der Waals surface area contributed by atoms with E-state index in [0.29, 0.717) is 18.3 Å². The number of carbonyl (C=O) groups is 2. The number of carboxylic acids is 1. The van der Waals surface area contributed by atoms with Crippen LogP contribution in [-0.4, -0.2) is 64.0 Å². The summed E-state index contributed by atoms with van der Waals surface area (Å²) in [5.74, 6) is 0.804. The van der Waals surface area contributed by atoms with Gasteiger partial charge in [-0.1, -0.05) is 12.1 Å². The van der Waals surface area contributed by atoms with Crippen molar-refractivity contribution in [2.24, 2.45) is 5.92 Å². The Morgan fingerprint density at radius 2 is 2.00 bits per heavy atom. The SMILES string of the molecule is O=C(O)CC1CSCCN1C(=O)C1CCN(c2nc3ccccc3o2)CC1. The molecule has 2 aromatic rings. The summed E-state index contributed by atoms with van der Waals surface area (Å²) >= 11 is 1.73. The van der Waals surface area contributed by atoms with E-state index in [1.807, 2.05) is 29.2 Å². The number of anilines is 1. The quantitative estimate of drug-likeness (QED) is 0.859. The second kappa shape index (κ2) is 7.80. The summed E-state index contributed by atoms with van der Waals surface area (Å²) in [6.45, 7) is 2.08. The van der Waals surface area contributed by atoms with Gasteiger partial charge < -0.3 is 19.3 Å². The molecule has 0 bridgehead atoms. The summed E-state index contributed by atoms with van der Waals surface area (Å²) in [7, 11) is 0. The lowest BCUT2D eigenvalue weighted by atomic mass is 9.94. The van der Waals surface area contributed by atoms with E-state index in [1.165, 1.54) is 0 Å². The molecule has 1 atom stereocenters. The number of hydrogen-bond donors (Lipinski definition) is 1. The highest BCUT2D eigenvalue weighted by molar-refractivity contribution is 7.99. The van der Waals surface area contributed by atoms with Crippen molar-refractivity contribution in [2.75, 3.05) is 36.0 Å². The molecule has 0 spiro atoms. The van der Waals surface area contributed by atoms with Crippen LogP contribution in [0.5, 0.6) is 0 Å². The van der Waals surface area contributed by atoms with Crippen LogP contribution in [0.1, 0.15) is 19.3 Å². The number of rotatable bonds is 4. The first-order valence-corrected chi connectivity index (χ1v) is 10.5. The third-order valence-corrected chi connectivity index (χ3v) is 6.41. The molecule has 7 nitrogen and oxygen atoms in total. The van der Waals surface area contributed by atoms with Gasteiger partial charge in [0.2, 0.25) is 5.91 Å². The highest BCUT2D eigenvalue weighted by Gasteiger charge is 2.35. The number of amides is 1. The van der Waals surface area contributed by atoms with Gasteiger partial charge in [0, 0.05) is 37.1 Å². The maximum atomic E-state index is 13.0. The molecule has 8 heteroatoms. The second-order valence-electron chi connectivity index (χ2n) is 7.08. The van der Waals surface area contributed by atoms with Gasteiger partial charge in [-0.05, 0) is 25.0 Å². The van der Waals surface area contributed by atoms with E-state index >= 15 is 0 Å². The number of para-hydroxylation sites is 2. The Kier molecular flexibility index (Phi) is 5.24. The zero-order chi connectivity index (χ0) is 18.8. The summed E-state index contributed by atoms with van der Waals surface area (Å²) in [6, 6.07) is 8.11. The molecule has 4 rings (SSSR count). The minimum Gasteiger partial charge on any atom is -0.481 e. The fraction of sp³-hybridized carbons (Fsp3) is 0.526. The van der Waals surface area contributed by atoms with Gasteiger partial charge >= 0.3 is 5.97 Å². The van der Waals surface area contributed by atoms with Gasteiger partial charge in [0.25, 0.3) is 6.01 Å². The van der Waals surface area contributed by atoms with Crippen molar-refractivity contribution < 1.29 is 19.1 Å². The lowest BCUT2D eigenvalue weighted by Crippen LogP contribution is -2.51. The van der Waals surface area contributed by atoms with Crippen LogP contribution in [0.3, 0.4) is 0 Å². The first kappa shape index (κ1) is 18.2. The number of piperidine rings is 1. The molecule has 1 aromatic heterocycles. The number of aliphatic carboxylic acids is 1. The topological polar surface area (TPSA) is 86.9 Å². The van der Waals surface area contributed by atoms with Gasteiger partial charge in [0.1, 0.15) is 5.52 Å². The van der Waals surface area contributed by atoms with Crippen molar-refractivity contribution in [3.05, 3.63) is 24.3 Å². The molecule has 1 aromatic carbocycles. The zero-order valence-corrected chi connectivity index (χ0v) is 15.9. The number of aromatic nitrogens is 1. The largest absolute Gasteiger partial charge is 0.481 e. The van der Waals surface area contributed by atoms with E-state index in [9.17, 15) is 9.59 Å². The average molecular weight is 389 g/mol. The molecule has 144 valence electrons. The van der Waals surface area contributed by atoms with Gasteiger partial charge in [-0.15, -0.1) is 0 Å². The molecule has 0 aliphatic carbocycles. The Morgan fingerprint density at radius 3 is 2.74 bits per heavy atom. The molecule has 2 aliphatic rings. The highest BCUT2D eigenvalue weighted by atomic mass is 32.2. The van der Waals surface area contributed by atoms with Crippen LogP contribution in [0.4, 0.5) is 6.01 Å². The Labute approximate surface area is 161 Å². The second-order valence-corrected chi connectivity index (χ2v) is 8.23. The molecule has 2 saturated heterocycles. The number of oxazole rings is 1. The lowest BCUT2D eigenvalue weighted by molar-refractivity contribution is -0.142. The van der Waals surface area contributed by atoms with Crippen LogP contribution in [0, 0.1) is 5.92 Å². The Morgan fingerprint density at radius 1 is 1.22 bits per heavy atom. The monoisotopic (exact) mass is 389 g/mol. The first-order valence-electron chi connectivity index (χ1n) is 9.32. The molecule has 0 saturated carbocycles. The number of fused-ring (bicyclic) bond motifs is 1. The van der Waals surface area contributed by atoms with Gasteiger partial charge in [0.15, 0.2) is 5.58 Å². The van der Waals surface area contributed by atoms with Gasteiger partial charge in [-0.2, -0.15) is 16.7 Å². The van der Waals surface area contributed by atoms with Crippen LogP contribution >= 0.6 is 11.8 Å². The molecule has 0 radical (unpaired) electrons. The number of carboxylic acid groups (broad SMARTS) is 1. The van der Waals surface area contributed by atoms with Gasteiger partial charge in [0.05, 0.1) is 12.5 Å². The van der Waals surface area contributed by atoms with Crippen LogP contribution in [0.2, 0.25) is 0 Å². The summed E-state index contributed by atoms with van der Waals surface area (Å²) in [6.07, 6.45) is 1.50. The molecule has 1 unspecified atom stereocenters. The molecule has 27 heavy (non-hydrogen) atoms. The van der Waals surface area contributed by atoms with Crippen molar-refractivity contribution in [3.63, 3.8) is 0 Å². The highest BCUT2D eigenvalue weighted by Crippen LogP contribution is 2.29. The maximum Gasteiger partial charge on any atom is 0.305 e. The average Bonchev–Trinajstić information content (AvgIpc) is 3.12. The summed E-state index contributed by atoms with van der Waals surface area (Å²) in [5.41, 5.74) is 1.61. The van der Waals surface area contributed by atoms with E-state index in [-0.39, 0.29) is 24.3 Å².